The zero-order valence-corrected chi connectivity index (χ0v) is 14.9. The van der Waals surface area contributed by atoms with Gasteiger partial charge < -0.3 is 5.32 Å². The van der Waals surface area contributed by atoms with E-state index < -0.39 is 29.1 Å². The maximum atomic E-state index is 13.6. The molecule has 0 unspecified atom stereocenters. The van der Waals surface area contributed by atoms with Crippen LogP contribution in [0.2, 0.25) is 0 Å². The van der Waals surface area contributed by atoms with Crippen LogP contribution in [0.3, 0.4) is 0 Å². The van der Waals surface area contributed by atoms with Crippen LogP contribution in [-0.4, -0.2) is 35.0 Å². The topological polar surface area (TPSA) is 52.7 Å². The lowest BCUT2D eigenvalue weighted by Crippen LogP contribution is -2.45. The van der Waals surface area contributed by atoms with E-state index in [4.69, 9.17) is 0 Å². The van der Waals surface area contributed by atoms with Gasteiger partial charge in [-0.05, 0) is 48.1 Å². The second kappa shape index (κ2) is 6.14. The molecule has 1 atom stereocenters. The van der Waals surface area contributed by atoms with Gasteiger partial charge in [0.15, 0.2) is 11.6 Å². The van der Waals surface area contributed by atoms with Gasteiger partial charge in [0.25, 0.3) is 5.91 Å². The molecule has 5 nitrogen and oxygen atoms in total. The molecule has 8 heteroatoms. The molecule has 1 saturated heterocycles. The van der Waals surface area contributed by atoms with Gasteiger partial charge in [-0.25, -0.2) is 18.5 Å². The van der Waals surface area contributed by atoms with Crippen molar-refractivity contribution >= 4 is 23.3 Å². The number of thiophene rings is 1. The lowest BCUT2D eigenvalue weighted by molar-refractivity contribution is -0.132. The van der Waals surface area contributed by atoms with Crippen molar-refractivity contribution in [2.75, 3.05) is 13.2 Å². The molecule has 1 aromatic carbocycles. The molecule has 2 aliphatic heterocycles. The van der Waals surface area contributed by atoms with Crippen LogP contribution in [0.15, 0.2) is 29.6 Å². The van der Waals surface area contributed by atoms with Crippen molar-refractivity contribution in [2.45, 2.75) is 25.4 Å². The fraction of sp³-hybridized carbons (Fsp3) is 0.333. The molecule has 0 aliphatic carbocycles. The highest BCUT2D eigenvalue weighted by Gasteiger charge is 2.49. The number of nitrogens with one attached hydrogen (secondary N) is 1. The Bertz CT molecular complexity index is 900. The molecule has 1 N–H and O–H groups in total. The van der Waals surface area contributed by atoms with Gasteiger partial charge in [0, 0.05) is 18.0 Å². The van der Waals surface area contributed by atoms with Gasteiger partial charge >= 0.3 is 6.03 Å². The van der Waals surface area contributed by atoms with Crippen LogP contribution in [0.1, 0.15) is 22.9 Å². The highest BCUT2D eigenvalue weighted by atomic mass is 32.1. The van der Waals surface area contributed by atoms with Crippen molar-refractivity contribution < 1.29 is 18.4 Å². The fourth-order valence-electron chi connectivity index (χ4n) is 3.46. The molecule has 26 heavy (non-hydrogen) atoms. The number of hydrogen-bond acceptors (Lipinski definition) is 4. The minimum Gasteiger partial charge on any atom is -0.319 e. The summed E-state index contributed by atoms with van der Waals surface area (Å²) in [5, 5.41) is 4.66. The number of carbonyl (C=O) groups is 2. The highest BCUT2D eigenvalue weighted by Crippen LogP contribution is 2.31. The molecule has 2 aliphatic rings. The van der Waals surface area contributed by atoms with Crippen LogP contribution >= 0.6 is 11.3 Å². The Morgan fingerprint density at radius 2 is 2.04 bits per heavy atom. The Hall–Kier alpha value is -2.32. The molecule has 0 bridgehead atoms. The first kappa shape index (κ1) is 17.1. The monoisotopic (exact) mass is 377 g/mol. The molecule has 136 valence electrons. The summed E-state index contributed by atoms with van der Waals surface area (Å²) in [5.41, 5.74) is 0.0299. The Morgan fingerprint density at radius 3 is 2.81 bits per heavy atom. The third-order valence-electron chi connectivity index (χ3n) is 5.00. The van der Waals surface area contributed by atoms with E-state index in [1.165, 1.54) is 23.4 Å². The average molecular weight is 377 g/mol. The molecule has 0 saturated carbocycles. The van der Waals surface area contributed by atoms with Gasteiger partial charge in [-0.1, -0.05) is 6.07 Å². The summed E-state index contributed by atoms with van der Waals surface area (Å²) < 4.78 is 26.8. The van der Waals surface area contributed by atoms with E-state index in [9.17, 15) is 18.4 Å². The molecule has 4 rings (SSSR count). The van der Waals surface area contributed by atoms with Gasteiger partial charge in [0.05, 0.1) is 6.67 Å². The largest absolute Gasteiger partial charge is 0.326 e. The number of halogens is 2. The van der Waals surface area contributed by atoms with E-state index in [0.717, 1.165) is 30.0 Å². The first-order valence-electron chi connectivity index (χ1n) is 8.26. The van der Waals surface area contributed by atoms with Crippen molar-refractivity contribution in [1.82, 2.24) is 15.1 Å². The average Bonchev–Trinajstić information content (AvgIpc) is 3.16. The van der Waals surface area contributed by atoms with Crippen LogP contribution in [-0.2, 0) is 23.3 Å². The molecular weight excluding hydrogens is 360 g/mol. The summed E-state index contributed by atoms with van der Waals surface area (Å²) in [6.07, 6.45) is 0.886. The Kier molecular flexibility index (Phi) is 4.04. The molecule has 1 fully saturated rings. The number of urea groups is 1. The summed E-state index contributed by atoms with van der Waals surface area (Å²) in [7, 11) is 0. The van der Waals surface area contributed by atoms with Crippen LogP contribution in [0.4, 0.5) is 13.6 Å². The maximum absolute atomic E-state index is 13.6. The highest BCUT2D eigenvalue weighted by molar-refractivity contribution is 7.10. The number of fused-ring (bicyclic) bond motifs is 1. The Balaban J connectivity index is 1.54. The normalized spacial score (nSPS) is 23.3. The SMILES string of the molecule is C[C@@]1(c2ccc(F)c(F)c2)NC(=O)N(CN2CCc3sccc3C2)C1=O. The van der Waals surface area contributed by atoms with Crippen LogP contribution in [0.25, 0.3) is 0 Å². The fourth-order valence-corrected chi connectivity index (χ4v) is 4.35. The van der Waals surface area contributed by atoms with E-state index in [2.05, 4.69) is 11.4 Å². The minimum atomic E-state index is -1.41. The Labute approximate surface area is 153 Å². The first-order chi connectivity index (χ1) is 12.4. The molecule has 2 aromatic rings. The molecule has 3 amide bonds. The van der Waals surface area contributed by atoms with Gasteiger partial charge in [0.1, 0.15) is 5.54 Å². The van der Waals surface area contributed by atoms with Gasteiger partial charge in [-0.3, -0.25) is 9.69 Å². The third kappa shape index (κ3) is 2.69. The smallest absolute Gasteiger partial charge is 0.319 e. The summed E-state index contributed by atoms with van der Waals surface area (Å²) in [6, 6.07) is 4.76. The lowest BCUT2D eigenvalue weighted by atomic mass is 9.92. The summed E-state index contributed by atoms with van der Waals surface area (Å²) in [4.78, 5) is 29.8. The summed E-state index contributed by atoms with van der Waals surface area (Å²) in [5.74, 6) is -2.51. The quantitative estimate of drug-likeness (QED) is 0.837. The predicted molar refractivity (Wildman–Crippen MR) is 92.4 cm³/mol. The van der Waals surface area contributed by atoms with Gasteiger partial charge in [0.2, 0.25) is 0 Å². The second-order valence-electron chi connectivity index (χ2n) is 6.73. The van der Waals surface area contributed by atoms with Crippen LogP contribution in [0.5, 0.6) is 0 Å². The van der Waals surface area contributed by atoms with Gasteiger partial charge in [-0.2, -0.15) is 0 Å². The van der Waals surface area contributed by atoms with E-state index in [-0.39, 0.29) is 12.2 Å². The standard InChI is InChI=1S/C18H17F2N3O2S/c1-18(12-2-3-13(19)14(20)8-12)16(24)23(17(25)21-18)10-22-6-4-15-11(9-22)5-7-26-15/h2-3,5,7-8H,4,6,9-10H2,1H3,(H,21,25)/t18-/m0/s1. The molecule has 3 heterocycles. The van der Waals surface area contributed by atoms with Gasteiger partial charge in [-0.15, -0.1) is 11.3 Å². The summed E-state index contributed by atoms with van der Waals surface area (Å²) in [6.45, 7) is 3.11. The minimum absolute atomic E-state index is 0.166. The number of amides is 3. The summed E-state index contributed by atoms with van der Waals surface area (Å²) >= 11 is 1.72. The number of hydrogen-bond donors (Lipinski definition) is 1. The van der Waals surface area contributed by atoms with Crippen molar-refractivity contribution in [3.63, 3.8) is 0 Å². The van der Waals surface area contributed by atoms with E-state index in [1.54, 1.807) is 11.3 Å². The third-order valence-corrected chi connectivity index (χ3v) is 6.02. The Morgan fingerprint density at radius 1 is 1.23 bits per heavy atom. The first-order valence-corrected chi connectivity index (χ1v) is 9.13. The molecule has 0 spiro atoms. The number of imide groups is 1. The number of benzene rings is 1. The van der Waals surface area contributed by atoms with Crippen LogP contribution < -0.4 is 5.32 Å². The second-order valence-corrected chi connectivity index (χ2v) is 7.73. The zero-order valence-electron chi connectivity index (χ0n) is 14.1. The van der Waals surface area contributed by atoms with Crippen molar-refractivity contribution in [1.29, 1.82) is 0 Å². The lowest BCUT2D eigenvalue weighted by Gasteiger charge is -2.30. The van der Waals surface area contributed by atoms with Crippen LogP contribution in [0, 0.1) is 11.6 Å². The van der Waals surface area contributed by atoms with E-state index >= 15 is 0 Å². The number of nitrogens with zero attached hydrogens (tertiary/aromatic N) is 2. The maximum Gasteiger partial charge on any atom is 0.326 e. The number of carbonyl (C=O) groups excluding carboxylic acids is 2. The van der Waals surface area contributed by atoms with Crippen molar-refractivity contribution in [3.8, 4) is 0 Å². The number of rotatable bonds is 3. The van der Waals surface area contributed by atoms with E-state index in [0.29, 0.717) is 6.54 Å². The zero-order chi connectivity index (χ0) is 18.5. The molecular formula is C18H17F2N3O2S. The van der Waals surface area contributed by atoms with E-state index in [1.807, 2.05) is 10.3 Å². The molecule has 0 radical (unpaired) electrons. The van der Waals surface area contributed by atoms with Crippen molar-refractivity contribution in [2.24, 2.45) is 0 Å². The molecule has 1 aromatic heterocycles. The predicted octanol–water partition coefficient (Wildman–Crippen LogP) is 2.81. The van der Waals surface area contributed by atoms with Crippen molar-refractivity contribution in [3.05, 3.63) is 57.3 Å².